The number of hydrogen-bond donors (Lipinski definition) is 2. The fraction of sp³-hybridized carbons (Fsp3) is 1.00. The Hall–Kier alpha value is -0.0800. The van der Waals surface area contributed by atoms with E-state index in [1.54, 1.807) is 0 Å². The van der Waals surface area contributed by atoms with Gasteiger partial charge < -0.3 is 10.2 Å². The summed E-state index contributed by atoms with van der Waals surface area (Å²) < 4.78 is 0. The van der Waals surface area contributed by atoms with E-state index in [0.29, 0.717) is 0 Å². The van der Waals surface area contributed by atoms with Crippen LogP contribution >= 0.6 is 0 Å². The van der Waals surface area contributed by atoms with Gasteiger partial charge >= 0.3 is 0 Å². The second-order valence-corrected chi connectivity index (χ2v) is 5.39. The molecule has 1 aliphatic rings. The summed E-state index contributed by atoms with van der Waals surface area (Å²) in [5.74, 6) is 0. The molecule has 0 aromatic rings. The van der Waals surface area contributed by atoms with Gasteiger partial charge in [-0.1, -0.05) is 39.5 Å². The van der Waals surface area contributed by atoms with Gasteiger partial charge in [-0.2, -0.15) is 0 Å². The van der Waals surface area contributed by atoms with Gasteiger partial charge in [-0.25, -0.2) is 0 Å². The molecule has 0 aliphatic heterocycles. The lowest BCUT2D eigenvalue weighted by Crippen LogP contribution is -2.44. The Morgan fingerprint density at radius 1 is 0.857 bits per heavy atom. The van der Waals surface area contributed by atoms with Crippen molar-refractivity contribution in [1.82, 2.24) is 0 Å². The molecule has 2 N–H and O–H groups in total. The zero-order chi connectivity index (χ0) is 10.7. The minimum Gasteiger partial charge on any atom is -0.396 e. The minimum absolute atomic E-state index is 0.0664. The molecule has 0 aromatic heterocycles. The molecule has 0 heterocycles. The lowest BCUT2D eigenvalue weighted by molar-refractivity contribution is -0.0594. The van der Waals surface area contributed by atoms with E-state index >= 15 is 0 Å². The van der Waals surface area contributed by atoms with Crippen LogP contribution in [0.1, 0.15) is 52.4 Å². The van der Waals surface area contributed by atoms with Crippen molar-refractivity contribution in [2.45, 2.75) is 52.4 Å². The Kier molecular flexibility index (Phi) is 3.96. The van der Waals surface area contributed by atoms with E-state index in [4.69, 9.17) is 0 Å². The average molecular weight is 200 g/mol. The molecule has 0 spiro atoms. The smallest absolute Gasteiger partial charge is 0.0514 e. The van der Waals surface area contributed by atoms with Crippen LogP contribution in [0.15, 0.2) is 0 Å². The van der Waals surface area contributed by atoms with Crippen molar-refractivity contribution in [1.29, 1.82) is 0 Å². The second-order valence-electron chi connectivity index (χ2n) is 5.39. The summed E-state index contributed by atoms with van der Waals surface area (Å²) in [6, 6.07) is 0. The molecule has 1 rings (SSSR count). The summed E-state index contributed by atoms with van der Waals surface area (Å²) in [6.45, 7) is 4.61. The van der Waals surface area contributed by atoms with Crippen LogP contribution in [-0.4, -0.2) is 23.4 Å². The SMILES string of the molecule is CC1(C)CCCCCCC1(CO)CO. The van der Waals surface area contributed by atoms with Gasteiger partial charge in [0.05, 0.1) is 13.2 Å². The Balaban J connectivity index is 2.82. The number of aliphatic hydroxyl groups is 2. The predicted molar refractivity (Wildman–Crippen MR) is 58.1 cm³/mol. The van der Waals surface area contributed by atoms with Crippen molar-refractivity contribution in [3.63, 3.8) is 0 Å². The summed E-state index contributed by atoms with van der Waals surface area (Å²) in [6.07, 6.45) is 7.01. The Labute approximate surface area is 87.3 Å². The van der Waals surface area contributed by atoms with Crippen molar-refractivity contribution in [2.24, 2.45) is 10.8 Å². The topological polar surface area (TPSA) is 40.5 Å². The molecule has 0 saturated heterocycles. The summed E-state index contributed by atoms with van der Waals surface area (Å²) in [4.78, 5) is 0. The molecule has 1 aliphatic carbocycles. The third-order valence-electron chi connectivity index (χ3n) is 4.25. The molecule has 1 saturated carbocycles. The molecular weight excluding hydrogens is 176 g/mol. The van der Waals surface area contributed by atoms with Crippen molar-refractivity contribution in [2.75, 3.05) is 13.2 Å². The van der Waals surface area contributed by atoms with Gasteiger partial charge in [-0.05, 0) is 18.3 Å². The highest BCUT2D eigenvalue weighted by Gasteiger charge is 2.43. The van der Waals surface area contributed by atoms with Crippen LogP contribution in [0.2, 0.25) is 0 Å². The highest BCUT2D eigenvalue weighted by Crippen LogP contribution is 2.47. The molecular formula is C12H24O2. The van der Waals surface area contributed by atoms with Gasteiger partial charge in [0.15, 0.2) is 0 Å². The highest BCUT2D eigenvalue weighted by atomic mass is 16.3. The lowest BCUT2D eigenvalue weighted by Gasteiger charge is -2.46. The van der Waals surface area contributed by atoms with E-state index in [9.17, 15) is 10.2 Å². The summed E-state index contributed by atoms with van der Waals surface area (Å²) in [5.41, 5.74) is -0.190. The summed E-state index contributed by atoms with van der Waals surface area (Å²) in [7, 11) is 0. The van der Waals surface area contributed by atoms with E-state index < -0.39 is 0 Å². The first-order valence-corrected chi connectivity index (χ1v) is 5.80. The first kappa shape index (κ1) is 12.0. The van der Waals surface area contributed by atoms with Crippen LogP contribution in [0.25, 0.3) is 0 Å². The first-order valence-electron chi connectivity index (χ1n) is 5.80. The Morgan fingerprint density at radius 3 is 1.86 bits per heavy atom. The van der Waals surface area contributed by atoms with Crippen molar-refractivity contribution < 1.29 is 10.2 Å². The summed E-state index contributed by atoms with van der Waals surface area (Å²) in [5, 5.41) is 19.1. The van der Waals surface area contributed by atoms with Gasteiger partial charge in [0.25, 0.3) is 0 Å². The molecule has 0 amide bonds. The van der Waals surface area contributed by atoms with Crippen molar-refractivity contribution in [3.8, 4) is 0 Å². The van der Waals surface area contributed by atoms with Crippen LogP contribution < -0.4 is 0 Å². The molecule has 0 radical (unpaired) electrons. The molecule has 1 fully saturated rings. The zero-order valence-corrected chi connectivity index (χ0v) is 9.55. The van der Waals surface area contributed by atoms with Crippen molar-refractivity contribution in [3.05, 3.63) is 0 Å². The Morgan fingerprint density at radius 2 is 1.36 bits per heavy atom. The normalized spacial score (nSPS) is 26.6. The minimum atomic E-state index is -0.257. The fourth-order valence-corrected chi connectivity index (χ4v) is 2.62. The van der Waals surface area contributed by atoms with Crippen LogP contribution in [0.5, 0.6) is 0 Å². The van der Waals surface area contributed by atoms with E-state index in [1.165, 1.54) is 19.3 Å². The molecule has 0 bridgehead atoms. The van der Waals surface area contributed by atoms with Crippen molar-refractivity contribution >= 4 is 0 Å². The lowest BCUT2D eigenvalue weighted by atomic mass is 9.60. The number of rotatable bonds is 2. The third-order valence-corrected chi connectivity index (χ3v) is 4.25. The standard InChI is InChI=1S/C12H24O2/c1-11(2)7-5-3-4-6-8-12(11,9-13)10-14/h13-14H,3-10H2,1-2H3. The Bertz CT molecular complexity index is 171. The maximum Gasteiger partial charge on any atom is 0.0514 e. The second kappa shape index (κ2) is 4.63. The quantitative estimate of drug-likeness (QED) is 0.718. The highest BCUT2D eigenvalue weighted by molar-refractivity contribution is 4.93. The predicted octanol–water partition coefficient (Wildman–Crippen LogP) is 2.34. The largest absolute Gasteiger partial charge is 0.396 e. The van der Waals surface area contributed by atoms with Gasteiger partial charge in [0, 0.05) is 5.41 Å². The molecule has 2 nitrogen and oxygen atoms in total. The van der Waals surface area contributed by atoms with E-state index in [2.05, 4.69) is 13.8 Å². The van der Waals surface area contributed by atoms with Gasteiger partial charge in [0.1, 0.15) is 0 Å². The molecule has 2 heteroatoms. The van der Waals surface area contributed by atoms with Crippen LogP contribution in [0.4, 0.5) is 0 Å². The van der Waals surface area contributed by atoms with Gasteiger partial charge in [-0.3, -0.25) is 0 Å². The molecule has 84 valence electrons. The average Bonchev–Trinajstić information content (AvgIpc) is 2.14. The third kappa shape index (κ3) is 2.12. The van der Waals surface area contributed by atoms with E-state index in [-0.39, 0.29) is 24.0 Å². The molecule has 0 unspecified atom stereocenters. The summed E-state index contributed by atoms with van der Waals surface area (Å²) >= 11 is 0. The molecule has 14 heavy (non-hydrogen) atoms. The van der Waals surface area contributed by atoms with Crippen LogP contribution in [0.3, 0.4) is 0 Å². The molecule has 0 atom stereocenters. The first-order chi connectivity index (χ1) is 6.58. The van der Waals surface area contributed by atoms with Crippen LogP contribution in [-0.2, 0) is 0 Å². The number of aliphatic hydroxyl groups excluding tert-OH is 2. The van der Waals surface area contributed by atoms with Crippen LogP contribution in [0, 0.1) is 10.8 Å². The maximum atomic E-state index is 9.53. The maximum absolute atomic E-state index is 9.53. The molecule has 0 aromatic carbocycles. The van der Waals surface area contributed by atoms with Gasteiger partial charge in [-0.15, -0.1) is 0 Å². The van der Waals surface area contributed by atoms with Gasteiger partial charge in [0.2, 0.25) is 0 Å². The van der Waals surface area contributed by atoms with E-state index in [0.717, 1.165) is 19.3 Å². The zero-order valence-electron chi connectivity index (χ0n) is 9.55. The fourth-order valence-electron chi connectivity index (χ4n) is 2.62. The van der Waals surface area contributed by atoms with E-state index in [1.807, 2.05) is 0 Å². The number of hydrogen-bond acceptors (Lipinski definition) is 2. The monoisotopic (exact) mass is 200 g/mol.